The first-order valence-electron chi connectivity index (χ1n) is 5.89. The molecule has 1 atom stereocenters. The summed E-state index contributed by atoms with van der Waals surface area (Å²) in [6, 6.07) is 16.3. The van der Waals surface area contributed by atoms with Crippen molar-refractivity contribution in [3.63, 3.8) is 0 Å². The summed E-state index contributed by atoms with van der Waals surface area (Å²) < 4.78 is 0. The summed E-state index contributed by atoms with van der Waals surface area (Å²) in [6.45, 7) is 0. The van der Waals surface area contributed by atoms with Gasteiger partial charge in [-0.3, -0.25) is 15.5 Å². The molecular formula is C14H13N3O2. The third-order valence-corrected chi connectivity index (χ3v) is 3.10. The van der Waals surface area contributed by atoms with E-state index in [-0.39, 0.29) is 5.78 Å². The molecule has 19 heavy (non-hydrogen) atoms. The van der Waals surface area contributed by atoms with Crippen LogP contribution in [0.4, 0.5) is 0 Å². The van der Waals surface area contributed by atoms with Gasteiger partial charge in [0, 0.05) is 16.7 Å². The van der Waals surface area contributed by atoms with Gasteiger partial charge in [-0.25, -0.2) is 5.43 Å². The molecule has 5 heteroatoms. The van der Waals surface area contributed by atoms with Gasteiger partial charge in [-0.1, -0.05) is 54.6 Å². The van der Waals surface area contributed by atoms with Crippen molar-refractivity contribution in [3.05, 3.63) is 71.3 Å². The Morgan fingerprint density at radius 2 is 1.74 bits per heavy atom. The van der Waals surface area contributed by atoms with E-state index in [9.17, 15) is 4.79 Å². The Bertz CT molecular complexity index is 609. The zero-order chi connectivity index (χ0) is 13.3. The lowest BCUT2D eigenvalue weighted by atomic mass is 9.96. The van der Waals surface area contributed by atoms with Crippen molar-refractivity contribution >= 4 is 5.78 Å². The maximum absolute atomic E-state index is 12.5. The third kappa shape index (κ3) is 2.05. The van der Waals surface area contributed by atoms with Crippen LogP contribution < -0.4 is 16.7 Å². The van der Waals surface area contributed by atoms with Gasteiger partial charge in [0.1, 0.15) is 0 Å². The number of hydrogen-bond donors (Lipinski definition) is 3. The molecule has 5 nitrogen and oxygen atoms in total. The van der Waals surface area contributed by atoms with E-state index in [0.717, 1.165) is 0 Å². The lowest BCUT2D eigenvalue weighted by molar-refractivity contribution is 0.103. The molecule has 1 fully saturated rings. The monoisotopic (exact) mass is 255 g/mol. The number of ketones is 1. The van der Waals surface area contributed by atoms with Crippen molar-refractivity contribution in [1.82, 2.24) is 10.9 Å². The molecule has 2 aromatic rings. The highest BCUT2D eigenvalue weighted by Gasteiger charge is 2.48. The summed E-state index contributed by atoms with van der Waals surface area (Å²) >= 11 is 0. The van der Waals surface area contributed by atoms with Crippen LogP contribution in [0.1, 0.15) is 21.5 Å². The fraction of sp³-hybridized carbons (Fsp3) is 0.0714. The molecule has 0 spiro atoms. The first-order chi connectivity index (χ1) is 9.27. The second-order valence-corrected chi connectivity index (χ2v) is 4.27. The molecule has 96 valence electrons. The van der Waals surface area contributed by atoms with Crippen molar-refractivity contribution in [2.75, 3.05) is 0 Å². The molecule has 4 N–H and O–H groups in total. The molecule has 0 saturated carbocycles. The predicted octanol–water partition coefficient (Wildman–Crippen LogP) is 1.03. The smallest absolute Gasteiger partial charge is 0.255 e. The Balaban J connectivity index is 2.04. The van der Waals surface area contributed by atoms with Gasteiger partial charge in [-0.15, -0.1) is 5.48 Å². The Labute approximate surface area is 110 Å². The molecule has 0 aromatic heterocycles. The Morgan fingerprint density at radius 1 is 1.11 bits per heavy atom. The first-order valence-corrected chi connectivity index (χ1v) is 5.89. The summed E-state index contributed by atoms with van der Waals surface area (Å²) in [4.78, 5) is 17.6. The van der Waals surface area contributed by atoms with E-state index < -0.39 is 5.85 Å². The van der Waals surface area contributed by atoms with Crippen molar-refractivity contribution in [2.24, 2.45) is 5.84 Å². The summed E-state index contributed by atoms with van der Waals surface area (Å²) in [6.07, 6.45) is 0. The number of nitrogens with two attached hydrogens (primary N) is 1. The second kappa shape index (κ2) is 4.56. The van der Waals surface area contributed by atoms with Crippen molar-refractivity contribution < 1.29 is 9.63 Å². The van der Waals surface area contributed by atoms with Crippen LogP contribution in [0.2, 0.25) is 0 Å². The van der Waals surface area contributed by atoms with E-state index in [0.29, 0.717) is 16.7 Å². The summed E-state index contributed by atoms with van der Waals surface area (Å²) in [5, 5.41) is 0. The molecule has 0 aliphatic carbocycles. The minimum atomic E-state index is -0.957. The molecule has 0 radical (unpaired) electrons. The lowest BCUT2D eigenvalue weighted by Crippen LogP contribution is -2.39. The van der Waals surface area contributed by atoms with E-state index in [2.05, 4.69) is 10.9 Å². The molecular weight excluding hydrogens is 242 g/mol. The van der Waals surface area contributed by atoms with Gasteiger partial charge in [0.2, 0.25) is 0 Å². The van der Waals surface area contributed by atoms with Crippen LogP contribution in [0, 0.1) is 0 Å². The maximum Gasteiger partial charge on any atom is 0.255 e. The fourth-order valence-corrected chi connectivity index (χ4v) is 2.03. The first kappa shape index (κ1) is 12.0. The summed E-state index contributed by atoms with van der Waals surface area (Å²) in [5.41, 5.74) is 7.05. The second-order valence-electron chi connectivity index (χ2n) is 4.27. The van der Waals surface area contributed by atoms with Gasteiger partial charge in [0.15, 0.2) is 5.78 Å². The number of rotatable bonds is 4. The third-order valence-electron chi connectivity index (χ3n) is 3.10. The highest BCUT2D eigenvalue weighted by Crippen LogP contribution is 2.32. The van der Waals surface area contributed by atoms with Crippen LogP contribution >= 0.6 is 0 Å². The number of hydrazine groups is 1. The molecule has 1 unspecified atom stereocenters. The van der Waals surface area contributed by atoms with Crippen LogP contribution in [0.25, 0.3) is 0 Å². The quantitative estimate of drug-likeness (QED) is 0.328. The molecule has 0 amide bonds. The van der Waals surface area contributed by atoms with Crippen molar-refractivity contribution in [2.45, 2.75) is 5.85 Å². The molecule has 2 aromatic carbocycles. The Morgan fingerprint density at radius 3 is 2.37 bits per heavy atom. The number of hydrogen-bond acceptors (Lipinski definition) is 5. The highest BCUT2D eigenvalue weighted by atomic mass is 16.8. The average Bonchev–Trinajstić information content (AvgIpc) is 3.28. The topological polar surface area (TPSA) is 89.6 Å². The number of nitrogens with one attached hydrogen (secondary N) is 2. The lowest BCUT2D eigenvalue weighted by Gasteiger charge is -2.13. The average molecular weight is 255 g/mol. The zero-order valence-corrected chi connectivity index (χ0v) is 10.1. The number of benzene rings is 2. The Kier molecular flexibility index (Phi) is 2.88. The molecule has 0 bridgehead atoms. The van der Waals surface area contributed by atoms with Crippen molar-refractivity contribution in [3.8, 4) is 0 Å². The fourth-order valence-electron chi connectivity index (χ4n) is 2.03. The highest BCUT2D eigenvalue weighted by molar-refractivity contribution is 6.10. The number of carbonyl (C=O) groups excluding carboxylic acids is 1. The number of hydroxylamine groups is 1. The minimum absolute atomic E-state index is 0.0666. The van der Waals surface area contributed by atoms with Gasteiger partial charge in [-0.05, 0) is 0 Å². The van der Waals surface area contributed by atoms with Crippen LogP contribution in [0.15, 0.2) is 54.6 Å². The van der Waals surface area contributed by atoms with Gasteiger partial charge < -0.3 is 0 Å². The predicted molar refractivity (Wildman–Crippen MR) is 69.5 cm³/mol. The van der Waals surface area contributed by atoms with Crippen molar-refractivity contribution in [1.29, 1.82) is 0 Å². The van der Waals surface area contributed by atoms with E-state index >= 15 is 0 Å². The largest absolute Gasteiger partial charge is 0.289 e. The zero-order valence-electron chi connectivity index (χ0n) is 10.1. The number of carbonyl (C=O) groups is 1. The van der Waals surface area contributed by atoms with Crippen LogP contribution in [0.3, 0.4) is 0 Å². The van der Waals surface area contributed by atoms with E-state index in [1.165, 1.54) is 0 Å². The van der Waals surface area contributed by atoms with E-state index in [1.54, 1.807) is 24.3 Å². The molecule has 1 heterocycles. The minimum Gasteiger partial charge on any atom is -0.289 e. The van der Waals surface area contributed by atoms with Crippen LogP contribution in [-0.4, -0.2) is 5.78 Å². The summed E-state index contributed by atoms with van der Waals surface area (Å²) in [7, 11) is 0. The molecule has 1 aliphatic rings. The summed E-state index contributed by atoms with van der Waals surface area (Å²) in [5.74, 6) is 4.44. The standard InChI is InChI=1S/C14H13N3O2/c15-16-14(17-19-14)12-9-5-4-8-11(12)13(18)10-6-2-1-3-7-10/h1-9,16-17H,15H2. The van der Waals surface area contributed by atoms with E-state index in [4.69, 9.17) is 10.7 Å². The molecule has 1 aliphatic heterocycles. The SMILES string of the molecule is NNC1(c2ccccc2C(=O)c2ccccc2)NO1. The molecule has 3 rings (SSSR count). The maximum atomic E-state index is 12.5. The van der Waals surface area contributed by atoms with Gasteiger partial charge in [-0.2, -0.15) is 0 Å². The van der Waals surface area contributed by atoms with Crippen LogP contribution in [0.5, 0.6) is 0 Å². The normalized spacial score (nSPS) is 21.1. The van der Waals surface area contributed by atoms with Crippen LogP contribution in [-0.2, 0) is 10.7 Å². The Hall–Kier alpha value is -2.05. The van der Waals surface area contributed by atoms with Gasteiger partial charge >= 0.3 is 0 Å². The molecule has 1 saturated heterocycles. The van der Waals surface area contributed by atoms with Gasteiger partial charge in [0.25, 0.3) is 5.85 Å². The van der Waals surface area contributed by atoms with Gasteiger partial charge in [0.05, 0.1) is 0 Å². The van der Waals surface area contributed by atoms with E-state index in [1.807, 2.05) is 30.3 Å².